The van der Waals surface area contributed by atoms with Crippen LogP contribution in [0.1, 0.15) is 30.0 Å². The molecule has 1 aromatic heterocycles. The lowest BCUT2D eigenvalue weighted by Gasteiger charge is -2.25. The summed E-state index contributed by atoms with van der Waals surface area (Å²) in [4.78, 5) is 26.6. The van der Waals surface area contributed by atoms with E-state index in [1.54, 1.807) is 23.1 Å². The molecule has 0 radical (unpaired) electrons. The van der Waals surface area contributed by atoms with Crippen molar-refractivity contribution in [3.63, 3.8) is 0 Å². The average Bonchev–Trinajstić information content (AvgIpc) is 3.19. The molecule has 6 heteroatoms. The lowest BCUT2D eigenvalue weighted by atomic mass is 10.1. The maximum Gasteiger partial charge on any atom is 0.419 e. The molecule has 4 rings (SSSR count). The van der Waals surface area contributed by atoms with Crippen molar-refractivity contribution in [3.05, 3.63) is 69.2 Å². The van der Waals surface area contributed by atoms with Gasteiger partial charge in [-0.15, -0.1) is 0 Å². The van der Waals surface area contributed by atoms with Crippen LogP contribution in [0, 0.1) is 0 Å². The van der Waals surface area contributed by atoms with E-state index in [1.807, 2.05) is 19.2 Å². The number of hydrogen-bond donors (Lipinski definition) is 0. The molecule has 0 aliphatic heterocycles. The fraction of sp³-hybridized carbons (Fsp3) is 0.300. The van der Waals surface area contributed by atoms with E-state index in [9.17, 15) is 9.59 Å². The fourth-order valence-electron chi connectivity index (χ4n) is 3.75. The molecule has 3 aromatic rings. The Bertz CT molecular complexity index is 1040. The molecule has 0 saturated carbocycles. The minimum atomic E-state index is -0.469. The lowest BCUT2D eigenvalue weighted by Crippen LogP contribution is -2.31. The predicted molar refractivity (Wildman–Crippen MR) is 100 cm³/mol. The van der Waals surface area contributed by atoms with E-state index in [2.05, 4.69) is 12.1 Å². The van der Waals surface area contributed by atoms with Crippen LogP contribution in [-0.2, 0) is 17.8 Å². The second kappa shape index (κ2) is 6.65. The number of nitrogens with zero attached hydrogens (tertiary/aromatic N) is 2. The van der Waals surface area contributed by atoms with Gasteiger partial charge in [-0.25, -0.2) is 4.79 Å². The minimum absolute atomic E-state index is 0.0157. The van der Waals surface area contributed by atoms with E-state index in [-0.39, 0.29) is 24.9 Å². The molecule has 1 aliphatic carbocycles. The number of amides is 1. The zero-order chi connectivity index (χ0) is 18.3. The molecule has 0 saturated heterocycles. The summed E-state index contributed by atoms with van der Waals surface area (Å²) >= 11 is 5.93. The SMILES string of the molecule is CN(C(=O)CCn1c(=O)oc2cc(Cl)ccc21)C1CCc2ccccc21. The number of halogens is 1. The van der Waals surface area contributed by atoms with Crippen molar-refractivity contribution in [2.75, 3.05) is 7.05 Å². The van der Waals surface area contributed by atoms with Crippen LogP contribution >= 0.6 is 11.6 Å². The maximum absolute atomic E-state index is 12.7. The van der Waals surface area contributed by atoms with Crippen molar-refractivity contribution in [1.82, 2.24) is 9.47 Å². The molecule has 1 aliphatic rings. The molecule has 26 heavy (non-hydrogen) atoms. The van der Waals surface area contributed by atoms with E-state index >= 15 is 0 Å². The zero-order valence-corrected chi connectivity index (χ0v) is 15.2. The van der Waals surface area contributed by atoms with Gasteiger partial charge in [-0.3, -0.25) is 9.36 Å². The molecule has 0 fully saturated rings. The van der Waals surface area contributed by atoms with E-state index in [1.165, 1.54) is 15.7 Å². The Morgan fingerprint density at radius 2 is 2.12 bits per heavy atom. The van der Waals surface area contributed by atoms with Crippen molar-refractivity contribution in [1.29, 1.82) is 0 Å². The predicted octanol–water partition coefficient (Wildman–Crippen LogP) is 3.78. The largest absolute Gasteiger partial charge is 0.419 e. The second-order valence-corrected chi connectivity index (χ2v) is 7.08. The number of carbonyl (C=O) groups is 1. The number of aromatic nitrogens is 1. The first-order valence-electron chi connectivity index (χ1n) is 8.67. The van der Waals surface area contributed by atoms with Crippen LogP contribution < -0.4 is 5.76 Å². The number of aryl methyl sites for hydroxylation is 2. The molecule has 134 valence electrons. The molecule has 1 amide bonds. The topological polar surface area (TPSA) is 55.5 Å². The van der Waals surface area contributed by atoms with E-state index in [0.717, 1.165) is 12.8 Å². The van der Waals surface area contributed by atoms with Crippen molar-refractivity contribution in [2.24, 2.45) is 0 Å². The van der Waals surface area contributed by atoms with Gasteiger partial charge in [0.2, 0.25) is 5.91 Å². The van der Waals surface area contributed by atoms with Gasteiger partial charge in [0.05, 0.1) is 11.6 Å². The van der Waals surface area contributed by atoms with Gasteiger partial charge in [-0.1, -0.05) is 35.9 Å². The monoisotopic (exact) mass is 370 g/mol. The van der Waals surface area contributed by atoms with Gasteiger partial charge in [0, 0.05) is 31.1 Å². The molecule has 2 aromatic carbocycles. The first-order chi connectivity index (χ1) is 12.5. The Morgan fingerprint density at radius 3 is 2.96 bits per heavy atom. The third-order valence-electron chi connectivity index (χ3n) is 5.14. The highest BCUT2D eigenvalue weighted by Crippen LogP contribution is 2.35. The van der Waals surface area contributed by atoms with Gasteiger partial charge in [0.25, 0.3) is 0 Å². The molecule has 0 bridgehead atoms. The molecule has 1 heterocycles. The third kappa shape index (κ3) is 2.92. The highest BCUT2D eigenvalue weighted by atomic mass is 35.5. The number of carbonyl (C=O) groups excluding carboxylic acids is 1. The molecule has 1 unspecified atom stereocenters. The number of oxazole rings is 1. The molecule has 5 nitrogen and oxygen atoms in total. The molecule has 0 spiro atoms. The molecular weight excluding hydrogens is 352 g/mol. The lowest BCUT2D eigenvalue weighted by molar-refractivity contribution is -0.132. The summed E-state index contributed by atoms with van der Waals surface area (Å²) in [7, 11) is 1.84. The summed E-state index contributed by atoms with van der Waals surface area (Å²) in [6.45, 7) is 0.283. The van der Waals surface area contributed by atoms with Crippen LogP contribution in [0.4, 0.5) is 0 Å². The van der Waals surface area contributed by atoms with Crippen molar-refractivity contribution < 1.29 is 9.21 Å². The van der Waals surface area contributed by atoms with Crippen LogP contribution in [0.15, 0.2) is 51.7 Å². The normalized spacial score (nSPS) is 16.0. The summed E-state index contributed by atoms with van der Waals surface area (Å²) in [5.41, 5.74) is 3.63. The van der Waals surface area contributed by atoms with Crippen LogP contribution in [0.25, 0.3) is 11.1 Å². The van der Waals surface area contributed by atoms with Gasteiger partial charge < -0.3 is 9.32 Å². The minimum Gasteiger partial charge on any atom is -0.408 e. The van der Waals surface area contributed by atoms with Crippen molar-refractivity contribution in [3.8, 4) is 0 Å². The molecule has 1 atom stereocenters. The van der Waals surface area contributed by atoms with Gasteiger partial charge in [0.1, 0.15) is 0 Å². The van der Waals surface area contributed by atoms with Crippen molar-refractivity contribution >= 4 is 28.6 Å². The summed E-state index contributed by atoms with van der Waals surface area (Å²) in [6, 6.07) is 13.4. The first kappa shape index (κ1) is 16.9. The highest BCUT2D eigenvalue weighted by molar-refractivity contribution is 6.31. The van der Waals surface area contributed by atoms with Crippen LogP contribution in [0.5, 0.6) is 0 Å². The smallest absolute Gasteiger partial charge is 0.408 e. The van der Waals surface area contributed by atoms with Crippen molar-refractivity contribution in [2.45, 2.75) is 31.8 Å². The number of hydrogen-bond acceptors (Lipinski definition) is 3. The van der Waals surface area contributed by atoms with E-state index in [4.69, 9.17) is 16.0 Å². The van der Waals surface area contributed by atoms with Gasteiger partial charge >= 0.3 is 5.76 Å². The average molecular weight is 371 g/mol. The fourth-order valence-corrected chi connectivity index (χ4v) is 3.91. The number of fused-ring (bicyclic) bond motifs is 2. The Balaban J connectivity index is 1.50. The van der Waals surface area contributed by atoms with Gasteiger partial charge in [0.15, 0.2) is 5.58 Å². The molecule has 0 N–H and O–H groups in total. The van der Waals surface area contributed by atoms with Crippen LogP contribution in [0.3, 0.4) is 0 Å². The second-order valence-electron chi connectivity index (χ2n) is 6.64. The van der Waals surface area contributed by atoms with E-state index < -0.39 is 5.76 Å². The highest BCUT2D eigenvalue weighted by Gasteiger charge is 2.28. The van der Waals surface area contributed by atoms with Gasteiger partial charge in [-0.2, -0.15) is 0 Å². The van der Waals surface area contributed by atoms with Crippen LogP contribution in [-0.4, -0.2) is 22.4 Å². The standard InChI is InChI=1S/C20H19ClN2O3/c1-22(16-8-6-13-4-2-3-5-15(13)16)19(24)10-11-23-17-9-7-14(21)12-18(17)26-20(23)25/h2-5,7,9,12,16H,6,8,10-11H2,1H3. The Morgan fingerprint density at radius 1 is 1.31 bits per heavy atom. The Hall–Kier alpha value is -2.53. The van der Waals surface area contributed by atoms with Gasteiger partial charge in [-0.05, 0) is 36.1 Å². The van der Waals surface area contributed by atoms with E-state index in [0.29, 0.717) is 16.1 Å². The summed E-state index contributed by atoms with van der Waals surface area (Å²) in [6.07, 6.45) is 2.17. The third-order valence-corrected chi connectivity index (χ3v) is 5.38. The number of benzene rings is 2. The Kier molecular flexibility index (Phi) is 4.32. The summed E-state index contributed by atoms with van der Waals surface area (Å²) < 4.78 is 6.70. The first-order valence-corrected chi connectivity index (χ1v) is 9.05. The summed E-state index contributed by atoms with van der Waals surface area (Å²) in [5.74, 6) is -0.453. The maximum atomic E-state index is 12.7. The summed E-state index contributed by atoms with van der Waals surface area (Å²) in [5, 5.41) is 0.508. The quantitative estimate of drug-likeness (QED) is 0.702. The molecular formula is C20H19ClN2O3. The number of rotatable bonds is 4. The zero-order valence-electron chi connectivity index (χ0n) is 14.4. The Labute approximate surface area is 155 Å². The van der Waals surface area contributed by atoms with Crippen LogP contribution in [0.2, 0.25) is 5.02 Å².